The molecule has 0 aromatic heterocycles. The van der Waals surface area contributed by atoms with Crippen LogP contribution in [0.2, 0.25) is 0 Å². The van der Waals surface area contributed by atoms with E-state index in [1.807, 2.05) is 0 Å². The van der Waals surface area contributed by atoms with Gasteiger partial charge in [-0.1, -0.05) is 12.8 Å². The molecule has 104 valence electrons. The Kier molecular flexibility index (Phi) is 4.25. The van der Waals surface area contributed by atoms with Crippen molar-refractivity contribution in [3.63, 3.8) is 0 Å². The summed E-state index contributed by atoms with van der Waals surface area (Å²) in [6.07, 6.45) is 4.10. The molecule has 19 heavy (non-hydrogen) atoms. The first kappa shape index (κ1) is 13.7. The number of hydrogen-bond acceptors (Lipinski definition) is 3. The van der Waals surface area contributed by atoms with Crippen LogP contribution < -0.4 is 10.6 Å². The summed E-state index contributed by atoms with van der Waals surface area (Å²) in [5.41, 5.74) is 0. The number of amides is 2. The number of carboxylic acid groups (broad SMARTS) is 1. The third kappa shape index (κ3) is 3.60. The quantitative estimate of drug-likeness (QED) is 0.711. The highest BCUT2D eigenvalue weighted by molar-refractivity contribution is 5.81. The lowest BCUT2D eigenvalue weighted by molar-refractivity contribution is -0.127. The lowest BCUT2D eigenvalue weighted by Crippen LogP contribution is -2.50. The molecule has 0 radical (unpaired) electrons. The number of hydrogen-bond donors (Lipinski definition) is 3. The molecule has 3 N–H and O–H groups in total. The van der Waals surface area contributed by atoms with E-state index >= 15 is 0 Å². The molecule has 6 nitrogen and oxygen atoms in total. The number of rotatable bonds is 4. The summed E-state index contributed by atoms with van der Waals surface area (Å²) in [5.74, 6) is -0.250. The first-order valence-corrected chi connectivity index (χ1v) is 6.81. The van der Waals surface area contributed by atoms with Crippen molar-refractivity contribution < 1.29 is 14.7 Å². The second-order valence-electron chi connectivity index (χ2n) is 5.40. The Hall–Kier alpha value is -1.77. The number of nitrogens with zero attached hydrogens (tertiary/aromatic N) is 1. The Morgan fingerprint density at radius 2 is 1.89 bits per heavy atom. The zero-order valence-electron chi connectivity index (χ0n) is 10.8. The predicted molar refractivity (Wildman–Crippen MR) is 67.2 cm³/mol. The van der Waals surface area contributed by atoms with E-state index in [1.54, 1.807) is 0 Å². The maximum absolute atomic E-state index is 12.2. The van der Waals surface area contributed by atoms with Gasteiger partial charge in [-0.15, -0.1) is 0 Å². The zero-order chi connectivity index (χ0) is 13.8. The molecule has 2 aliphatic rings. The van der Waals surface area contributed by atoms with Crippen molar-refractivity contribution in [1.82, 2.24) is 10.6 Å². The van der Waals surface area contributed by atoms with Gasteiger partial charge in [0.25, 0.3) is 0 Å². The van der Waals surface area contributed by atoms with Crippen LogP contribution in [0.3, 0.4) is 0 Å². The van der Waals surface area contributed by atoms with Gasteiger partial charge in [-0.3, -0.25) is 4.79 Å². The van der Waals surface area contributed by atoms with Crippen LogP contribution in [0, 0.1) is 23.2 Å². The number of nitrogens with one attached hydrogen (secondary N) is 2. The monoisotopic (exact) mass is 265 g/mol. The standard InChI is InChI=1S/C13H19N3O3/c14-7-11(8-5-6-8)15-12(17)9-3-1-2-4-10(9)16-13(18)19/h8-11,16H,1-6H2,(H,15,17)(H,18,19). The second kappa shape index (κ2) is 5.91. The van der Waals surface area contributed by atoms with Gasteiger partial charge < -0.3 is 15.7 Å². The average molecular weight is 265 g/mol. The highest BCUT2D eigenvalue weighted by atomic mass is 16.4. The smallest absolute Gasteiger partial charge is 0.404 e. The minimum Gasteiger partial charge on any atom is -0.465 e. The van der Waals surface area contributed by atoms with Crippen LogP contribution in [0.5, 0.6) is 0 Å². The number of carbonyl (C=O) groups is 2. The Labute approximate surface area is 112 Å². The molecule has 0 heterocycles. The fourth-order valence-corrected chi connectivity index (χ4v) is 2.72. The van der Waals surface area contributed by atoms with E-state index in [-0.39, 0.29) is 23.8 Å². The summed E-state index contributed by atoms with van der Waals surface area (Å²) in [7, 11) is 0. The molecule has 0 bridgehead atoms. The van der Waals surface area contributed by atoms with Crippen molar-refractivity contribution in [2.24, 2.45) is 11.8 Å². The predicted octanol–water partition coefficient (Wildman–Crippen LogP) is 1.23. The van der Waals surface area contributed by atoms with Gasteiger partial charge in [0.15, 0.2) is 0 Å². The van der Waals surface area contributed by atoms with Gasteiger partial charge in [0.1, 0.15) is 6.04 Å². The van der Waals surface area contributed by atoms with Gasteiger partial charge in [-0.2, -0.15) is 5.26 Å². The average Bonchev–Trinajstić information content (AvgIpc) is 3.20. The van der Waals surface area contributed by atoms with Gasteiger partial charge in [0.05, 0.1) is 12.0 Å². The van der Waals surface area contributed by atoms with Gasteiger partial charge in [0, 0.05) is 6.04 Å². The summed E-state index contributed by atoms with van der Waals surface area (Å²) < 4.78 is 0. The van der Waals surface area contributed by atoms with Crippen LogP contribution in [-0.4, -0.2) is 29.2 Å². The van der Waals surface area contributed by atoms with Gasteiger partial charge >= 0.3 is 6.09 Å². The minimum absolute atomic E-state index is 0.183. The van der Waals surface area contributed by atoms with Crippen LogP contribution >= 0.6 is 0 Å². The van der Waals surface area contributed by atoms with E-state index in [2.05, 4.69) is 16.7 Å². The molecule has 6 heteroatoms. The third-order valence-electron chi connectivity index (χ3n) is 3.94. The highest BCUT2D eigenvalue weighted by Crippen LogP contribution is 2.33. The summed E-state index contributed by atoms with van der Waals surface area (Å²) in [6, 6.07) is 1.38. The molecule has 2 rings (SSSR count). The van der Waals surface area contributed by atoms with Crippen molar-refractivity contribution in [1.29, 1.82) is 5.26 Å². The van der Waals surface area contributed by atoms with Crippen LogP contribution in [0.15, 0.2) is 0 Å². The Morgan fingerprint density at radius 1 is 1.21 bits per heavy atom. The summed E-state index contributed by atoms with van der Waals surface area (Å²) >= 11 is 0. The molecule has 2 saturated carbocycles. The fraction of sp³-hybridized carbons (Fsp3) is 0.769. The molecule has 3 unspecified atom stereocenters. The summed E-state index contributed by atoms with van der Waals surface area (Å²) in [6.45, 7) is 0. The molecule has 0 saturated heterocycles. The van der Waals surface area contributed by atoms with Crippen molar-refractivity contribution in [3.05, 3.63) is 0 Å². The summed E-state index contributed by atoms with van der Waals surface area (Å²) in [5, 5.41) is 23.0. The number of carbonyl (C=O) groups excluding carboxylic acids is 1. The lowest BCUT2D eigenvalue weighted by Gasteiger charge is -2.30. The van der Waals surface area contributed by atoms with E-state index < -0.39 is 12.1 Å². The van der Waals surface area contributed by atoms with Crippen molar-refractivity contribution in [2.75, 3.05) is 0 Å². The van der Waals surface area contributed by atoms with Crippen LogP contribution in [0.25, 0.3) is 0 Å². The van der Waals surface area contributed by atoms with Crippen molar-refractivity contribution in [2.45, 2.75) is 50.6 Å². The topological polar surface area (TPSA) is 102 Å². The first-order valence-electron chi connectivity index (χ1n) is 6.81. The van der Waals surface area contributed by atoms with E-state index in [0.29, 0.717) is 12.8 Å². The maximum atomic E-state index is 12.2. The molecule has 0 aromatic carbocycles. The molecular weight excluding hydrogens is 246 g/mol. The fourth-order valence-electron chi connectivity index (χ4n) is 2.72. The normalized spacial score (nSPS) is 27.9. The van der Waals surface area contributed by atoms with E-state index in [9.17, 15) is 9.59 Å². The van der Waals surface area contributed by atoms with Gasteiger partial charge in [-0.25, -0.2) is 4.79 Å². The third-order valence-corrected chi connectivity index (χ3v) is 3.94. The summed E-state index contributed by atoms with van der Waals surface area (Å²) in [4.78, 5) is 22.9. The van der Waals surface area contributed by atoms with Crippen LogP contribution in [0.4, 0.5) is 4.79 Å². The zero-order valence-corrected chi connectivity index (χ0v) is 10.8. The maximum Gasteiger partial charge on any atom is 0.404 e. The minimum atomic E-state index is -1.09. The van der Waals surface area contributed by atoms with Gasteiger partial charge in [0.2, 0.25) is 5.91 Å². The number of nitriles is 1. The first-order chi connectivity index (χ1) is 9.11. The second-order valence-corrected chi connectivity index (χ2v) is 5.40. The Bertz CT molecular complexity index is 400. The largest absolute Gasteiger partial charge is 0.465 e. The SMILES string of the molecule is N#CC(NC(=O)C1CCCCC1NC(=O)O)C1CC1. The van der Waals surface area contributed by atoms with Crippen molar-refractivity contribution in [3.8, 4) is 6.07 Å². The van der Waals surface area contributed by atoms with E-state index in [0.717, 1.165) is 25.7 Å². The van der Waals surface area contributed by atoms with E-state index in [4.69, 9.17) is 10.4 Å². The Morgan fingerprint density at radius 3 is 2.47 bits per heavy atom. The molecule has 0 spiro atoms. The lowest BCUT2D eigenvalue weighted by atomic mass is 9.83. The van der Waals surface area contributed by atoms with Crippen LogP contribution in [0.1, 0.15) is 38.5 Å². The van der Waals surface area contributed by atoms with E-state index in [1.165, 1.54) is 0 Å². The van der Waals surface area contributed by atoms with Crippen LogP contribution in [-0.2, 0) is 4.79 Å². The Balaban J connectivity index is 1.94. The highest BCUT2D eigenvalue weighted by Gasteiger charge is 2.37. The molecular formula is C13H19N3O3. The molecule has 0 aliphatic heterocycles. The molecule has 2 aliphatic carbocycles. The van der Waals surface area contributed by atoms with Crippen molar-refractivity contribution >= 4 is 12.0 Å². The molecule has 0 aromatic rings. The van der Waals surface area contributed by atoms with Gasteiger partial charge in [-0.05, 0) is 31.6 Å². The molecule has 3 atom stereocenters. The molecule has 2 amide bonds. The molecule has 2 fully saturated rings.